The number of hydrogen-bond acceptors (Lipinski definition) is 3. The number of alkyl halides is 3. The molecule has 0 spiro atoms. The van der Waals surface area contributed by atoms with Crippen LogP contribution in [0.5, 0.6) is 0 Å². The minimum Gasteiger partial charge on any atom is -0.378 e. The van der Waals surface area contributed by atoms with Gasteiger partial charge in [0.05, 0.1) is 29.7 Å². The lowest BCUT2D eigenvalue weighted by atomic mass is 9.77. The Morgan fingerprint density at radius 3 is 2.46 bits per heavy atom. The minimum atomic E-state index is -4.44. The van der Waals surface area contributed by atoms with Crippen LogP contribution >= 0.6 is 0 Å². The van der Waals surface area contributed by atoms with Crippen LogP contribution in [-0.4, -0.2) is 36.0 Å². The molecule has 0 unspecified atom stereocenters. The van der Waals surface area contributed by atoms with Crippen molar-refractivity contribution < 1.29 is 17.9 Å². The molecule has 1 saturated heterocycles. The van der Waals surface area contributed by atoms with Crippen molar-refractivity contribution in [2.45, 2.75) is 11.6 Å². The van der Waals surface area contributed by atoms with Crippen LogP contribution in [0.15, 0.2) is 36.5 Å². The maximum absolute atomic E-state index is 12.8. The minimum absolute atomic E-state index is 0.250. The van der Waals surface area contributed by atoms with Crippen LogP contribution in [0, 0.1) is 0 Å². The number of halogens is 3. The van der Waals surface area contributed by atoms with Gasteiger partial charge >= 0.3 is 6.18 Å². The summed E-state index contributed by atoms with van der Waals surface area (Å²) in [7, 11) is 5.72. The Bertz CT molecular complexity index is 901. The van der Waals surface area contributed by atoms with Crippen molar-refractivity contribution in [1.29, 1.82) is 0 Å². The second kappa shape index (κ2) is 5.07. The number of imidazole rings is 1. The highest BCUT2D eigenvalue weighted by atomic mass is 19.4. The SMILES string of the molecule is [B]c1ccc(C2(c3nc4ncc(C(F)(F)F)cc4[nH]3)COC2)cc1. The lowest BCUT2D eigenvalue weighted by Crippen LogP contribution is -2.48. The molecule has 1 aromatic carbocycles. The van der Waals surface area contributed by atoms with E-state index in [1.165, 1.54) is 0 Å². The molecule has 8 heteroatoms. The van der Waals surface area contributed by atoms with Crippen molar-refractivity contribution in [3.8, 4) is 0 Å². The highest BCUT2D eigenvalue weighted by Crippen LogP contribution is 2.38. The topological polar surface area (TPSA) is 50.8 Å². The van der Waals surface area contributed by atoms with Crippen LogP contribution in [0.2, 0.25) is 0 Å². The van der Waals surface area contributed by atoms with Gasteiger partial charge in [0.15, 0.2) is 5.65 Å². The van der Waals surface area contributed by atoms with E-state index in [0.29, 0.717) is 24.5 Å². The third kappa shape index (κ3) is 2.29. The fourth-order valence-corrected chi connectivity index (χ4v) is 2.83. The third-order valence-electron chi connectivity index (χ3n) is 4.28. The number of hydrogen-bond donors (Lipinski definition) is 1. The molecular weight excluding hydrogens is 318 g/mol. The summed E-state index contributed by atoms with van der Waals surface area (Å²) in [5.41, 5.74) is 0.749. The molecule has 3 heterocycles. The van der Waals surface area contributed by atoms with Crippen molar-refractivity contribution in [3.63, 3.8) is 0 Å². The Morgan fingerprint density at radius 1 is 1.17 bits per heavy atom. The van der Waals surface area contributed by atoms with E-state index in [9.17, 15) is 13.2 Å². The summed E-state index contributed by atoms with van der Waals surface area (Å²) in [6, 6.07) is 8.32. The van der Waals surface area contributed by atoms with Gasteiger partial charge in [-0.3, -0.25) is 0 Å². The van der Waals surface area contributed by atoms with Crippen LogP contribution < -0.4 is 5.46 Å². The molecule has 120 valence electrons. The van der Waals surface area contributed by atoms with Gasteiger partial charge in [-0.1, -0.05) is 29.7 Å². The molecule has 24 heavy (non-hydrogen) atoms. The van der Waals surface area contributed by atoms with Gasteiger partial charge in [0.25, 0.3) is 0 Å². The lowest BCUT2D eigenvalue weighted by molar-refractivity contribution is -0.137. The van der Waals surface area contributed by atoms with Crippen LogP contribution in [0.25, 0.3) is 11.2 Å². The molecule has 1 aliphatic rings. The van der Waals surface area contributed by atoms with Crippen LogP contribution in [0.3, 0.4) is 0 Å². The number of rotatable bonds is 2. The molecule has 0 aliphatic carbocycles. The second-order valence-electron chi connectivity index (χ2n) is 5.88. The molecule has 2 aromatic heterocycles. The zero-order valence-electron chi connectivity index (χ0n) is 12.4. The first-order chi connectivity index (χ1) is 11.4. The van der Waals surface area contributed by atoms with Gasteiger partial charge in [-0.15, -0.1) is 0 Å². The average molecular weight is 329 g/mol. The molecule has 1 aliphatic heterocycles. The van der Waals surface area contributed by atoms with Crippen molar-refractivity contribution in [2.75, 3.05) is 13.2 Å². The monoisotopic (exact) mass is 329 g/mol. The van der Waals surface area contributed by atoms with E-state index >= 15 is 0 Å². The highest BCUT2D eigenvalue weighted by Gasteiger charge is 2.45. The molecule has 4 nitrogen and oxygen atoms in total. The number of ether oxygens (including phenoxy) is 1. The van der Waals surface area contributed by atoms with Gasteiger partial charge in [0.1, 0.15) is 13.7 Å². The average Bonchev–Trinajstić information content (AvgIpc) is 2.90. The molecule has 1 N–H and O–H groups in total. The van der Waals surface area contributed by atoms with Crippen molar-refractivity contribution in [1.82, 2.24) is 15.0 Å². The zero-order valence-corrected chi connectivity index (χ0v) is 12.4. The van der Waals surface area contributed by atoms with E-state index in [2.05, 4.69) is 15.0 Å². The predicted molar refractivity (Wildman–Crippen MR) is 82.3 cm³/mol. The van der Waals surface area contributed by atoms with E-state index in [4.69, 9.17) is 12.6 Å². The fraction of sp³-hybridized carbons (Fsp3) is 0.250. The first kappa shape index (κ1) is 15.2. The van der Waals surface area contributed by atoms with Crippen molar-refractivity contribution >= 4 is 24.5 Å². The summed E-state index contributed by atoms with van der Waals surface area (Å²) in [4.78, 5) is 11.2. The number of H-pyrrole nitrogens is 1. The van der Waals surface area contributed by atoms with Crippen molar-refractivity contribution in [3.05, 3.63) is 53.5 Å². The highest BCUT2D eigenvalue weighted by molar-refractivity contribution is 6.32. The van der Waals surface area contributed by atoms with E-state index in [0.717, 1.165) is 17.8 Å². The van der Waals surface area contributed by atoms with Gasteiger partial charge in [0, 0.05) is 6.20 Å². The molecule has 0 atom stereocenters. The normalized spacial score (nSPS) is 17.0. The number of fused-ring (bicyclic) bond motifs is 1. The van der Waals surface area contributed by atoms with Crippen LogP contribution in [0.1, 0.15) is 17.0 Å². The van der Waals surface area contributed by atoms with Crippen LogP contribution in [0.4, 0.5) is 13.2 Å². The Balaban J connectivity index is 1.81. The molecule has 0 amide bonds. The molecule has 4 rings (SSSR count). The summed E-state index contributed by atoms with van der Waals surface area (Å²) < 4.78 is 43.9. The van der Waals surface area contributed by atoms with Gasteiger partial charge in [-0.2, -0.15) is 13.2 Å². The maximum Gasteiger partial charge on any atom is 0.417 e. The fourth-order valence-electron chi connectivity index (χ4n) is 2.83. The molecular formula is C16H11BF3N3O. The van der Waals surface area contributed by atoms with Gasteiger partial charge in [-0.05, 0) is 11.6 Å². The quantitative estimate of drug-likeness (QED) is 0.733. The first-order valence-electron chi connectivity index (χ1n) is 7.26. The van der Waals surface area contributed by atoms with E-state index < -0.39 is 17.2 Å². The first-order valence-corrected chi connectivity index (χ1v) is 7.26. The third-order valence-corrected chi connectivity index (χ3v) is 4.28. The van der Waals surface area contributed by atoms with Gasteiger partial charge in [0.2, 0.25) is 0 Å². The number of benzene rings is 1. The number of aromatic nitrogens is 3. The molecule has 0 bridgehead atoms. The summed E-state index contributed by atoms with van der Waals surface area (Å²) in [6.45, 7) is 0.783. The van der Waals surface area contributed by atoms with Gasteiger partial charge < -0.3 is 9.72 Å². The zero-order chi connectivity index (χ0) is 16.9. The number of nitrogens with zero attached hydrogens (tertiary/aromatic N) is 2. The number of pyridine rings is 1. The van der Waals surface area contributed by atoms with Gasteiger partial charge in [-0.25, -0.2) is 9.97 Å². The second-order valence-corrected chi connectivity index (χ2v) is 5.88. The Labute approximate surface area is 136 Å². The largest absolute Gasteiger partial charge is 0.417 e. The molecule has 0 saturated carbocycles. The standard InChI is InChI=1S/C16H11BF3N3O/c17-11-3-1-9(2-4-11)15(7-24-8-15)14-22-12-5-10(16(18,19)20)6-21-13(12)23-14/h1-6H,7-8H2,(H,21,22,23). The number of aromatic amines is 1. The summed E-state index contributed by atoms with van der Waals surface area (Å²) in [6.07, 6.45) is -3.65. The summed E-state index contributed by atoms with van der Waals surface area (Å²) in [5, 5.41) is 0. The maximum atomic E-state index is 12.8. The number of nitrogens with one attached hydrogen (secondary N) is 1. The summed E-state index contributed by atoms with van der Waals surface area (Å²) >= 11 is 0. The predicted octanol–water partition coefficient (Wildman–Crippen LogP) is 2.09. The smallest absolute Gasteiger partial charge is 0.378 e. The Hall–Kier alpha value is -2.35. The van der Waals surface area contributed by atoms with E-state index in [1.807, 2.05) is 12.1 Å². The Kier molecular flexibility index (Phi) is 3.21. The molecule has 2 radical (unpaired) electrons. The molecule has 3 aromatic rings. The lowest BCUT2D eigenvalue weighted by Gasteiger charge is -2.40. The van der Waals surface area contributed by atoms with E-state index in [1.54, 1.807) is 12.1 Å². The molecule has 1 fully saturated rings. The van der Waals surface area contributed by atoms with Crippen molar-refractivity contribution in [2.24, 2.45) is 0 Å². The van der Waals surface area contributed by atoms with Crippen LogP contribution in [-0.2, 0) is 16.3 Å². The summed E-state index contributed by atoms with van der Waals surface area (Å²) in [5.74, 6) is 0.542. The Morgan fingerprint density at radius 2 is 1.88 bits per heavy atom. The van der Waals surface area contributed by atoms with E-state index in [-0.39, 0.29) is 11.2 Å².